The first-order valence-corrected chi connectivity index (χ1v) is 19.7. The molecule has 1 aliphatic rings. The van der Waals surface area contributed by atoms with Crippen molar-refractivity contribution in [3.05, 3.63) is 0 Å². The molecular formula is C35H57N13O16. The largest absolute Gasteiger partial charge is 0.480 e. The van der Waals surface area contributed by atoms with Gasteiger partial charge in [0.1, 0.15) is 42.3 Å². The third kappa shape index (κ3) is 21.2. The lowest BCUT2D eigenvalue weighted by molar-refractivity contribution is -0.144. The molecule has 0 unspecified atom stereocenters. The third-order valence-corrected chi connectivity index (χ3v) is 8.94. The summed E-state index contributed by atoms with van der Waals surface area (Å²) >= 11 is 0. The van der Waals surface area contributed by atoms with Gasteiger partial charge in [-0.1, -0.05) is 0 Å². The number of amides is 12. The highest BCUT2D eigenvalue weighted by Gasteiger charge is 2.33. The number of rotatable bonds is 30. The summed E-state index contributed by atoms with van der Waals surface area (Å²) in [6, 6.07) is -10.0. The van der Waals surface area contributed by atoms with E-state index in [1.807, 2.05) is 10.6 Å². The second kappa shape index (κ2) is 28.6. The van der Waals surface area contributed by atoms with Crippen molar-refractivity contribution in [1.82, 2.24) is 53.2 Å². The maximum Gasteiger partial charge on any atom is 0.326 e. The molecule has 64 heavy (non-hydrogen) atoms. The van der Waals surface area contributed by atoms with E-state index in [1.165, 1.54) is 6.92 Å². The number of primary amides is 2. The molecule has 1 saturated heterocycles. The van der Waals surface area contributed by atoms with E-state index in [0.717, 1.165) is 0 Å². The molecule has 0 aromatic heterocycles. The lowest BCUT2D eigenvalue weighted by Gasteiger charge is -2.25. The van der Waals surface area contributed by atoms with Crippen LogP contribution in [0.1, 0.15) is 58.3 Å². The maximum absolute atomic E-state index is 13.3. The zero-order valence-electron chi connectivity index (χ0n) is 34.8. The fourth-order valence-electron chi connectivity index (χ4n) is 5.43. The Morgan fingerprint density at radius 2 is 1.12 bits per heavy atom. The van der Waals surface area contributed by atoms with Gasteiger partial charge in [-0.05, 0) is 45.6 Å². The number of aliphatic hydroxyl groups excluding tert-OH is 2. The summed E-state index contributed by atoms with van der Waals surface area (Å²) in [4.78, 5) is 159. The van der Waals surface area contributed by atoms with E-state index in [2.05, 4.69) is 42.5 Å². The van der Waals surface area contributed by atoms with E-state index in [4.69, 9.17) is 22.3 Å². The lowest BCUT2D eigenvalue weighted by atomic mass is 10.1. The molecule has 0 bridgehead atoms. The standard InChI is InChI=1S/C35H57N13O16/c1-16(42-31(59)19-6-8-25(53)43-19)29(57)45-17(4-2-3-9-36)32(60)48-22(15-50)34(62)46-18(5-7-23(37)51)30(58)41-12-27(55)39-11-26(54)40-13-28(56)44-21(14-49)33(61)47-20(35(63)64)10-24(38)52/h16-22,49-50H,2-15,36H2,1H3,(H2,37,51)(H2,38,52)(H,39,55)(H,40,54)(H,41,58)(H,42,59)(H,43,53)(H,44,56)(H,45,57)(H,46,62)(H,47,61)(H,48,60)(H,63,64)/t16-,17-,18-,19-,20-,21-,22-/m0/s1. The number of nitrogens with two attached hydrogens (primary N) is 3. The molecule has 29 heteroatoms. The smallest absolute Gasteiger partial charge is 0.326 e. The number of aliphatic hydroxyl groups is 2. The molecule has 1 fully saturated rings. The highest BCUT2D eigenvalue weighted by atomic mass is 16.4. The van der Waals surface area contributed by atoms with Crippen molar-refractivity contribution < 1.29 is 77.6 Å². The van der Waals surface area contributed by atoms with Gasteiger partial charge in [-0.25, -0.2) is 4.79 Å². The minimum atomic E-state index is -1.75. The topological polar surface area (TPSA) is 481 Å². The maximum atomic E-state index is 13.3. The van der Waals surface area contributed by atoms with Crippen molar-refractivity contribution in [2.75, 3.05) is 39.4 Å². The molecule has 12 amide bonds. The van der Waals surface area contributed by atoms with Crippen molar-refractivity contribution in [2.45, 2.75) is 101 Å². The number of carbonyl (C=O) groups excluding carboxylic acids is 12. The van der Waals surface area contributed by atoms with Crippen molar-refractivity contribution >= 4 is 76.9 Å². The van der Waals surface area contributed by atoms with E-state index in [-0.39, 0.29) is 31.7 Å². The average molecular weight is 916 g/mol. The summed E-state index contributed by atoms with van der Waals surface area (Å²) in [5.41, 5.74) is 15.7. The quantitative estimate of drug-likeness (QED) is 0.0298. The van der Waals surface area contributed by atoms with E-state index in [9.17, 15) is 72.5 Å². The van der Waals surface area contributed by atoms with Crippen LogP contribution in [0.15, 0.2) is 0 Å². The van der Waals surface area contributed by atoms with Gasteiger partial charge in [-0.2, -0.15) is 0 Å². The second-order valence-corrected chi connectivity index (χ2v) is 14.2. The van der Waals surface area contributed by atoms with Gasteiger partial charge in [0.05, 0.1) is 39.3 Å². The average Bonchev–Trinajstić information content (AvgIpc) is 3.68. The number of nitrogens with one attached hydrogen (secondary N) is 10. The van der Waals surface area contributed by atoms with E-state index in [0.29, 0.717) is 12.8 Å². The molecule has 1 rings (SSSR count). The zero-order valence-corrected chi connectivity index (χ0v) is 34.8. The first-order valence-electron chi connectivity index (χ1n) is 19.7. The Morgan fingerprint density at radius 3 is 1.64 bits per heavy atom. The minimum Gasteiger partial charge on any atom is -0.480 e. The second-order valence-electron chi connectivity index (χ2n) is 14.2. The molecule has 1 aliphatic heterocycles. The van der Waals surface area contributed by atoms with E-state index >= 15 is 0 Å². The lowest BCUT2D eigenvalue weighted by Crippen LogP contribution is -2.59. The SMILES string of the molecule is C[C@H](NC(=O)[C@@H]1CCC(=O)N1)C(=O)N[C@@H](CCCCN)C(=O)N[C@@H](CO)C(=O)N[C@@H](CCC(N)=O)C(=O)NCC(=O)NCC(=O)NCC(=O)N[C@@H](CO)C(=O)N[C@@H](CC(N)=O)C(=O)O. The highest BCUT2D eigenvalue weighted by Crippen LogP contribution is 2.08. The van der Waals surface area contributed by atoms with Crippen molar-refractivity contribution in [3.63, 3.8) is 0 Å². The van der Waals surface area contributed by atoms with Crippen LogP contribution in [0.2, 0.25) is 0 Å². The van der Waals surface area contributed by atoms with Gasteiger partial charge in [0, 0.05) is 12.8 Å². The van der Waals surface area contributed by atoms with Crippen molar-refractivity contribution in [1.29, 1.82) is 0 Å². The number of carboxylic acid groups (broad SMARTS) is 1. The molecule has 0 aromatic carbocycles. The molecule has 19 N–H and O–H groups in total. The predicted octanol–water partition coefficient (Wildman–Crippen LogP) is -10.1. The van der Waals surface area contributed by atoms with Crippen LogP contribution in [0.3, 0.4) is 0 Å². The summed E-state index contributed by atoms with van der Waals surface area (Å²) in [5, 5.41) is 50.8. The van der Waals surface area contributed by atoms with Crippen molar-refractivity contribution in [3.8, 4) is 0 Å². The number of hydrogen-bond acceptors (Lipinski definition) is 16. The molecule has 0 aliphatic carbocycles. The van der Waals surface area contributed by atoms with Gasteiger partial charge < -0.3 is 85.7 Å². The Balaban J connectivity index is 2.78. The van der Waals surface area contributed by atoms with Gasteiger partial charge in [0.15, 0.2) is 0 Å². The minimum absolute atomic E-state index is 0.0153. The summed E-state index contributed by atoms with van der Waals surface area (Å²) in [6.07, 6.45) is -0.491. The van der Waals surface area contributed by atoms with Crippen molar-refractivity contribution in [2.24, 2.45) is 17.2 Å². The molecular weight excluding hydrogens is 858 g/mol. The summed E-state index contributed by atoms with van der Waals surface area (Å²) < 4.78 is 0. The zero-order chi connectivity index (χ0) is 48.5. The first-order chi connectivity index (χ1) is 30.1. The first kappa shape index (κ1) is 55.0. The Morgan fingerprint density at radius 1 is 0.625 bits per heavy atom. The van der Waals surface area contributed by atoms with Crippen LogP contribution in [0.5, 0.6) is 0 Å². The van der Waals surface area contributed by atoms with Crippen LogP contribution < -0.4 is 70.4 Å². The Labute approximate surface area is 364 Å². The fraction of sp³-hybridized carbons (Fsp3) is 0.629. The number of hydrogen-bond donors (Lipinski definition) is 16. The van der Waals surface area contributed by atoms with E-state index in [1.54, 1.807) is 0 Å². The van der Waals surface area contributed by atoms with Crippen LogP contribution in [0.25, 0.3) is 0 Å². The number of carboxylic acids is 1. The van der Waals surface area contributed by atoms with Gasteiger partial charge in [-0.3, -0.25) is 57.5 Å². The van der Waals surface area contributed by atoms with Gasteiger partial charge in [0.25, 0.3) is 0 Å². The fourth-order valence-corrected chi connectivity index (χ4v) is 5.43. The molecule has 358 valence electrons. The van der Waals surface area contributed by atoms with Crippen LogP contribution in [-0.2, 0) is 62.3 Å². The van der Waals surface area contributed by atoms with Crippen LogP contribution in [-0.4, -0.2) is 174 Å². The molecule has 0 saturated carbocycles. The van der Waals surface area contributed by atoms with Crippen LogP contribution in [0, 0.1) is 0 Å². The number of aliphatic carboxylic acids is 1. The van der Waals surface area contributed by atoms with Crippen LogP contribution in [0.4, 0.5) is 0 Å². The Hall–Kier alpha value is -7.01. The van der Waals surface area contributed by atoms with Gasteiger partial charge in [-0.15, -0.1) is 0 Å². The van der Waals surface area contributed by atoms with Gasteiger partial charge >= 0.3 is 5.97 Å². The van der Waals surface area contributed by atoms with Gasteiger partial charge in [0.2, 0.25) is 70.9 Å². The highest BCUT2D eigenvalue weighted by molar-refractivity contribution is 5.98. The van der Waals surface area contributed by atoms with Crippen LogP contribution >= 0.6 is 0 Å². The Bertz CT molecular complexity index is 1750. The summed E-state index contributed by atoms with van der Waals surface area (Å²) in [6.45, 7) is -2.77. The molecule has 7 atom stereocenters. The normalized spacial score (nSPS) is 15.8. The molecule has 0 spiro atoms. The van der Waals surface area contributed by atoms with E-state index < -0.39 is 165 Å². The number of carbonyl (C=O) groups is 13. The monoisotopic (exact) mass is 915 g/mol. The predicted molar refractivity (Wildman–Crippen MR) is 214 cm³/mol. The molecule has 29 nitrogen and oxygen atoms in total. The molecule has 1 heterocycles. The summed E-state index contributed by atoms with van der Waals surface area (Å²) in [7, 11) is 0. The molecule has 0 aromatic rings. The Kier molecular flexibility index (Phi) is 24.6. The summed E-state index contributed by atoms with van der Waals surface area (Å²) in [5.74, 6) is -12.5. The number of unbranched alkanes of at least 4 members (excludes halogenated alkanes) is 1. The third-order valence-electron chi connectivity index (χ3n) is 8.94. The molecule has 0 radical (unpaired) electrons.